The summed E-state index contributed by atoms with van der Waals surface area (Å²) in [6, 6.07) is 3.58. The Kier molecular flexibility index (Phi) is 5.13. The van der Waals surface area contributed by atoms with Crippen molar-refractivity contribution in [2.75, 3.05) is 0 Å². The van der Waals surface area contributed by atoms with Gasteiger partial charge in [-0.1, -0.05) is 11.6 Å². The van der Waals surface area contributed by atoms with E-state index in [1.165, 1.54) is 0 Å². The second-order valence-corrected chi connectivity index (χ2v) is 7.60. The van der Waals surface area contributed by atoms with Gasteiger partial charge in [0.2, 0.25) is 0 Å². The highest BCUT2D eigenvalue weighted by Gasteiger charge is 2.32. The zero-order valence-electron chi connectivity index (χ0n) is 11.8. The molecule has 0 aromatic heterocycles. The van der Waals surface area contributed by atoms with Crippen molar-refractivity contribution in [3.05, 3.63) is 34.9 Å². The fourth-order valence-electron chi connectivity index (χ4n) is 1.52. The Bertz CT molecular complexity index is 472. The van der Waals surface area contributed by atoms with Gasteiger partial charge in [-0.15, -0.1) is 4.72 Å². The third-order valence-electron chi connectivity index (χ3n) is 2.58. The lowest BCUT2D eigenvalue weighted by atomic mass is 10.0. The molecule has 7 heteroatoms. The van der Waals surface area contributed by atoms with Gasteiger partial charge in [0.25, 0.3) is 0 Å². The van der Waals surface area contributed by atoms with E-state index in [-0.39, 0.29) is 5.56 Å². The van der Waals surface area contributed by atoms with E-state index in [4.69, 9.17) is 5.73 Å². The van der Waals surface area contributed by atoms with Crippen molar-refractivity contribution in [3.8, 4) is 0 Å². The molecule has 0 radical (unpaired) electrons. The minimum atomic E-state index is -4.43. The first-order chi connectivity index (χ1) is 8.91. The summed E-state index contributed by atoms with van der Waals surface area (Å²) in [5, 5.41) is 0. The Morgan fingerprint density at radius 1 is 1.20 bits per heavy atom. The van der Waals surface area contributed by atoms with Gasteiger partial charge in [-0.25, -0.2) is 0 Å². The van der Waals surface area contributed by atoms with Crippen LogP contribution in [0.1, 0.15) is 43.6 Å². The SMILES string of the molecule is Cc1cc([C@@H](N)N[S+]([O-])C(C)(C)C)cc(C(F)(F)F)c1. The number of hydrogen-bond donors (Lipinski definition) is 2. The molecule has 1 aromatic rings. The van der Waals surface area contributed by atoms with E-state index in [2.05, 4.69) is 4.72 Å². The van der Waals surface area contributed by atoms with Crippen LogP contribution in [-0.4, -0.2) is 9.30 Å². The molecule has 0 fully saturated rings. The first-order valence-corrected chi connectivity index (χ1v) is 7.18. The second kappa shape index (κ2) is 5.93. The summed E-state index contributed by atoms with van der Waals surface area (Å²) in [7, 11) is 0. The van der Waals surface area contributed by atoms with Crippen molar-refractivity contribution in [1.29, 1.82) is 0 Å². The van der Waals surface area contributed by atoms with Crippen LogP contribution in [0.3, 0.4) is 0 Å². The second-order valence-electron chi connectivity index (χ2n) is 5.61. The Balaban J connectivity index is 2.99. The third kappa shape index (κ3) is 4.66. The van der Waals surface area contributed by atoms with Crippen molar-refractivity contribution in [2.45, 2.75) is 44.8 Å². The van der Waals surface area contributed by atoms with Gasteiger partial charge in [0.05, 0.1) is 5.56 Å². The summed E-state index contributed by atoms with van der Waals surface area (Å²) >= 11 is -1.46. The zero-order chi connectivity index (χ0) is 15.7. The van der Waals surface area contributed by atoms with Crippen LogP contribution in [-0.2, 0) is 17.5 Å². The molecule has 114 valence electrons. The molecule has 1 unspecified atom stereocenters. The number of nitrogens with one attached hydrogen (secondary N) is 1. The zero-order valence-corrected chi connectivity index (χ0v) is 12.7. The van der Waals surface area contributed by atoms with Crippen LogP contribution in [0.2, 0.25) is 0 Å². The molecule has 0 aliphatic carbocycles. The lowest BCUT2D eigenvalue weighted by Gasteiger charge is -2.26. The predicted molar refractivity (Wildman–Crippen MR) is 74.1 cm³/mol. The average Bonchev–Trinajstić information content (AvgIpc) is 2.25. The molecule has 0 spiro atoms. The van der Waals surface area contributed by atoms with E-state index < -0.39 is 34.0 Å². The van der Waals surface area contributed by atoms with Gasteiger partial charge < -0.3 is 10.3 Å². The van der Waals surface area contributed by atoms with Crippen molar-refractivity contribution in [2.24, 2.45) is 5.73 Å². The number of benzene rings is 1. The van der Waals surface area contributed by atoms with Crippen molar-refractivity contribution < 1.29 is 17.7 Å². The fourth-order valence-corrected chi connectivity index (χ4v) is 2.24. The average molecular weight is 308 g/mol. The van der Waals surface area contributed by atoms with E-state index in [1.807, 2.05) is 0 Å². The molecule has 0 aliphatic rings. The van der Waals surface area contributed by atoms with Crippen LogP contribution >= 0.6 is 0 Å². The summed E-state index contributed by atoms with van der Waals surface area (Å²) in [6.07, 6.45) is -5.35. The maximum atomic E-state index is 12.7. The van der Waals surface area contributed by atoms with Crippen molar-refractivity contribution >= 4 is 11.4 Å². The van der Waals surface area contributed by atoms with Gasteiger partial charge in [-0.3, -0.25) is 0 Å². The van der Waals surface area contributed by atoms with Crippen molar-refractivity contribution in [3.63, 3.8) is 0 Å². The Labute approximate surface area is 120 Å². The highest BCUT2D eigenvalue weighted by molar-refractivity contribution is 7.90. The molecule has 1 rings (SSSR count). The highest BCUT2D eigenvalue weighted by atomic mass is 32.2. The van der Waals surface area contributed by atoms with E-state index in [9.17, 15) is 17.7 Å². The Morgan fingerprint density at radius 3 is 2.20 bits per heavy atom. The number of halogens is 3. The van der Waals surface area contributed by atoms with E-state index in [0.29, 0.717) is 5.56 Å². The molecular formula is C13H19F3N2OS. The molecule has 2 atom stereocenters. The van der Waals surface area contributed by atoms with E-state index >= 15 is 0 Å². The van der Waals surface area contributed by atoms with Gasteiger partial charge in [-0.2, -0.15) is 13.2 Å². The number of aryl methyl sites for hydroxylation is 1. The van der Waals surface area contributed by atoms with Crippen LogP contribution in [0, 0.1) is 6.92 Å². The maximum absolute atomic E-state index is 12.7. The van der Waals surface area contributed by atoms with Gasteiger partial charge >= 0.3 is 6.18 Å². The van der Waals surface area contributed by atoms with E-state index in [1.54, 1.807) is 33.8 Å². The Hall–Kier alpha value is -0.760. The first-order valence-electron chi connectivity index (χ1n) is 6.03. The first kappa shape index (κ1) is 17.3. The third-order valence-corrected chi connectivity index (χ3v) is 4.16. The summed E-state index contributed by atoms with van der Waals surface area (Å²) in [4.78, 5) is 0. The van der Waals surface area contributed by atoms with Crippen LogP contribution in [0.4, 0.5) is 13.2 Å². The minimum absolute atomic E-state index is 0.259. The molecular weight excluding hydrogens is 289 g/mol. The highest BCUT2D eigenvalue weighted by Crippen LogP contribution is 2.31. The number of nitrogens with two attached hydrogens (primary N) is 1. The molecule has 20 heavy (non-hydrogen) atoms. The molecule has 3 N–H and O–H groups in total. The summed E-state index contributed by atoms with van der Waals surface area (Å²) in [5.74, 6) is 0. The Morgan fingerprint density at radius 2 is 1.75 bits per heavy atom. The van der Waals surface area contributed by atoms with Crippen LogP contribution < -0.4 is 10.5 Å². The lowest BCUT2D eigenvalue weighted by molar-refractivity contribution is -0.137. The predicted octanol–water partition coefficient (Wildman–Crippen LogP) is 3.02. The van der Waals surface area contributed by atoms with Crippen LogP contribution in [0.25, 0.3) is 0 Å². The summed E-state index contributed by atoms with van der Waals surface area (Å²) < 4.78 is 52.2. The minimum Gasteiger partial charge on any atom is -0.598 e. The summed E-state index contributed by atoms with van der Waals surface area (Å²) in [6.45, 7) is 6.81. The van der Waals surface area contributed by atoms with Crippen molar-refractivity contribution in [1.82, 2.24) is 4.72 Å². The quantitative estimate of drug-likeness (QED) is 0.666. The van der Waals surface area contributed by atoms with Gasteiger partial charge in [0.15, 0.2) is 0 Å². The molecule has 3 nitrogen and oxygen atoms in total. The van der Waals surface area contributed by atoms with Gasteiger partial charge in [0, 0.05) is 11.4 Å². The molecule has 0 bridgehead atoms. The monoisotopic (exact) mass is 308 g/mol. The van der Waals surface area contributed by atoms with Crippen LogP contribution in [0.5, 0.6) is 0 Å². The number of hydrogen-bond acceptors (Lipinski definition) is 3. The number of rotatable bonds is 3. The summed E-state index contributed by atoms with van der Waals surface area (Å²) in [5.41, 5.74) is 5.76. The maximum Gasteiger partial charge on any atom is 0.416 e. The van der Waals surface area contributed by atoms with Gasteiger partial charge in [0.1, 0.15) is 10.9 Å². The molecule has 0 heterocycles. The molecule has 0 saturated heterocycles. The number of alkyl halides is 3. The molecule has 0 aliphatic heterocycles. The largest absolute Gasteiger partial charge is 0.598 e. The topological polar surface area (TPSA) is 61.1 Å². The molecule has 0 saturated carbocycles. The fraction of sp³-hybridized carbons (Fsp3) is 0.538. The normalized spacial score (nSPS) is 16.1. The van der Waals surface area contributed by atoms with Gasteiger partial charge in [-0.05, 0) is 45.4 Å². The lowest BCUT2D eigenvalue weighted by Crippen LogP contribution is -2.43. The standard InChI is InChI=1S/C13H19F3N2OS/c1-8-5-9(7-10(6-8)13(14,15)16)11(17)18-20(19)12(2,3)4/h5-7,11,18H,17H2,1-4H3/t11-,20?/m0/s1. The smallest absolute Gasteiger partial charge is 0.416 e. The molecule has 1 aromatic carbocycles. The van der Waals surface area contributed by atoms with Crippen LogP contribution in [0.15, 0.2) is 18.2 Å². The molecule has 0 amide bonds. The van der Waals surface area contributed by atoms with E-state index in [0.717, 1.165) is 12.1 Å².